The average Bonchev–Trinajstić information content (AvgIpc) is 3.71. The van der Waals surface area contributed by atoms with Crippen LogP contribution in [0.25, 0.3) is 51.5 Å². The van der Waals surface area contributed by atoms with Crippen LogP contribution in [0, 0.1) is 0 Å². The summed E-state index contributed by atoms with van der Waals surface area (Å²) < 4.78 is 26.0. The normalized spacial score (nSPS) is 14.5. The van der Waals surface area contributed by atoms with Crippen molar-refractivity contribution >= 4 is 86.1 Å². The molecule has 0 saturated heterocycles. The Bertz CT molecular complexity index is 2640. The van der Waals surface area contributed by atoms with E-state index >= 15 is 0 Å². The lowest BCUT2D eigenvalue weighted by atomic mass is 9.33. The molecule has 0 fully saturated rings. The molecular formula is C37H17BO3S2. The zero-order valence-electron chi connectivity index (χ0n) is 22.5. The van der Waals surface area contributed by atoms with Crippen molar-refractivity contribution in [2.24, 2.45) is 0 Å². The van der Waals surface area contributed by atoms with Gasteiger partial charge >= 0.3 is 0 Å². The average molecular weight is 584 g/mol. The van der Waals surface area contributed by atoms with Gasteiger partial charge in [-0.05, 0) is 53.4 Å². The zero-order valence-corrected chi connectivity index (χ0v) is 24.1. The van der Waals surface area contributed by atoms with Crippen molar-refractivity contribution in [1.82, 2.24) is 0 Å². The predicted molar refractivity (Wildman–Crippen MR) is 178 cm³/mol. The number of benzene rings is 6. The first-order valence-corrected chi connectivity index (χ1v) is 16.2. The van der Waals surface area contributed by atoms with Crippen LogP contribution in [0.4, 0.5) is 0 Å². The summed E-state index contributed by atoms with van der Waals surface area (Å²) in [4.78, 5) is 0. The summed E-state index contributed by atoms with van der Waals surface area (Å²) in [6.45, 7) is -0.0413. The van der Waals surface area contributed by atoms with Crippen molar-refractivity contribution in [1.29, 1.82) is 0 Å². The maximum Gasteiger partial charge on any atom is 0.270 e. The fourth-order valence-corrected chi connectivity index (χ4v) is 10.4. The first-order valence-electron chi connectivity index (χ1n) is 14.6. The molecule has 43 heavy (non-hydrogen) atoms. The van der Waals surface area contributed by atoms with Gasteiger partial charge in [-0.25, -0.2) is 0 Å². The van der Waals surface area contributed by atoms with Gasteiger partial charge in [-0.1, -0.05) is 60.7 Å². The van der Waals surface area contributed by atoms with Gasteiger partial charge in [0.25, 0.3) is 6.71 Å². The Labute approximate surface area is 253 Å². The number of ether oxygens (including phenoxy) is 3. The molecule has 6 heteroatoms. The molecule has 4 aliphatic rings. The van der Waals surface area contributed by atoms with Gasteiger partial charge in [-0.15, -0.1) is 22.7 Å². The minimum Gasteiger partial charge on any atom is -0.457 e. The molecule has 12 rings (SSSR count). The molecular weight excluding hydrogens is 567 g/mol. The van der Waals surface area contributed by atoms with Crippen molar-refractivity contribution in [3.05, 3.63) is 102 Å². The summed E-state index contributed by atoms with van der Waals surface area (Å²) in [6.07, 6.45) is 0.878. The molecule has 198 valence electrons. The van der Waals surface area contributed by atoms with Crippen LogP contribution < -0.4 is 30.6 Å². The van der Waals surface area contributed by atoms with Crippen molar-refractivity contribution in [3.63, 3.8) is 0 Å². The largest absolute Gasteiger partial charge is 0.457 e. The smallest absolute Gasteiger partial charge is 0.270 e. The summed E-state index contributed by atoms with van der Waals surface area (Å²) in [5.41, 5.74) is 8.43. The highest BCUT2D eigenvalue weighted by atomic mass is 32.1. The van der Waals surface area contributed by atoms with Crippen molar-refractivity contribution in [2.45, 2.75) is 6.42 Å². The van der Waals surface area contributed by atoms with Gasteiger partial charge in [-0.3, -0.25) is 0 Å². The molecule has 0 amide bonds. The molecule has 8 aromatic rings. The highest BCUT2D eigenvalue weighted by Crippen LogP contribution is 2.54. The van der Waals surface area contributed by atoms with Crippen molar-refractivity contribution < 1.29 is 14.2 Å². The molecule has 5 heterocycles. The molecule has 3 nitrogen and oxygen atoms in total. The van der Waals surface area contributed by atoms with Gasteiger partial charge in [0, 0.05) is 62.3 Å². The Kier molecular flexibility index (Phi) is 3.67. The van der Waals surface area contributed by atoms with E-state index in [1.807, 2.05) is 0 Å². The quantitative estimate of drug-likeness (QED) is 0.167. The topological polar surface area (TPSA) is 27.7 Å². The highest BCUT2D eigenvalue weighted by molar-refractivity contribution is 7.26. The van der Waals surface area contributed by atoms with Crippen LogP contribution in [0.5, 0.6) is 34.5 Å². The van der Waals surface area contributed by atoms with E-state index in [0.717, 1.165) is 57.3 Å². The third-order valence-electron chi connectivity index (χ3n) is 9.78. The first kappa shape index (κ1) is 21.9. The zero-order chi connectivity index (χ0) is 27.6. The van der Waals surface area contributed by atoms with Gasteiger partial charge in [0.05, 0.1) is 0 Å². The Hall–Kier alpha value is -4.78. The molecule has 0 bridgehead atoms. The number of thiophene rings is 2. The molecule has 6 aromatic carbocycles. The van der Waals surface area contributed by atoms with E-state index in [0.29, 0.717) is 0 Å². The third kappa shape index (κ3) is 2.49. The van der Waals surface area contributed by atoms with E-state index < -0.39 is 0 Å². The molecule has 0 unspecified atom stereocenters. The van der Waals surface area contributed by atoms with Crippen molar-refractivity contribution in [2.75, 3.05) is 0 Å². The maximum atomic E-state index is 7.04. The molecule has 3 aliphatic heterocycles. The van der Waals surface area contributed by atoms with Crippen LogP contribution in [-0.4, -0.2) is 6.71 Å². The van der Waals surface area contributed by atoms with Gasteiger partial charge < -0.3 is 14.2 Å². The molecule has 2 aromatic heterocycles. The fourth-order valence-electron chi connectivity index (χ4n) is 8.10. The second-order valence-electron chi connectivity index (χ2n) is 11.9. The molecule has 0 radical (unpaired) electrons. The van der Waals surface area contributed by atoms with E-state index in [1.165, 1.54) is 62.6 Å². The molecule has 0 saturated carbocycles. The van der Waals surface area contributed by atoms with Crippen LogP contribution in [-0.2, 0) is 6.42 Å². The van der Waals surface area contributed by atoms with Gasteiger partial charge in [-0.2, -0.15) is 0 Å². The van der Waals surface area contributed by atoms with Crippen LogP contribution in [0.2, 0.25) is 0 Å². The van der Waals surface area contributed by atoms with Crippen LogP contribution in [0.3, 0.4) is 0 Å². The predicted octanol–water partition coefficient (Wildman–Crippen LogP) is 8.83. The highest BCUT2D eigenvalue weighted by Gasteiger charge is 2.49. The lowest BCUT2D eigenvalue weighted by Gasteiger charge is -2.38. The molecule has 0 N–H and O–H groups in total. The number of hydrogen-bond acceptors (Lipinski definition) is 5. The standard InChI is InChI=1S/C37H17BO3S2/c1-2-8-19-17(7-1)13-18-14-22-32-35(29(18)19)40-23-15-27-31(21-10-4-6-12-26(21)42-27)37-33(23)38(32)34-24(41-37)16-28-30(36(34)39-22)20-9-3-5-11-25(20)43-28/h1-12,14-16H,13H2. The number of hydrogen-bond donors (Lipinski definition) is 0. The Morgan fingerprint density at radius 2 is 1.05 bits per heavy atom. The fraction of sp³-hybridized carbons (Fsp3) is 0.0270. The monoisotopic (exact) mass is 584 g/mol. The summed E-state index contributed by atoms with van der Waals surface area (Å²) in [5.74, 6) is 5.48. The van der Waals surface area contributed by atoms with Gasteiger partial charge in [0.1, 0.15) is 34.5 Å². The van der Waals surface area contributed by atoms with Crippen LogP contribution >= 0.6 is 22.7 Å². The summed E-state index contributed by atoms with van der Waals surface area (Å²) >= 11 is 3.61. The number of rotatable bonds is 0. The second-order valence-corrected chi connectivity index (χ2v) is 14.1. The third-order valence-corrected chi connectivity index (χ3v) is 12.0. The van der Waals surface area contributed by atoms with E-state index in [9.17, 15) is 0 Å². The van der Waals surface area contributed by atoms with Gasteiger partial charge in [0.2, 0.25) is 0 Å². The Morgan fingerprint density at radius 1 is 0.512 bits per heavy atom. The number of fused-ring (bicyclic) bond motifs is 12. The maximum absolute atomic E-state index is 7.04. The minimum absolute atomic E-state index is 0.0413. The molecule has 0 atom stereocenters. The van der Waals surface area contributed by atoms with Crippen LogP contribution in [0.1, 0.15) is 11.1 Å². The molecule has 1 aliphatic carbocycles. The van der Waals surface area contributed by atoms with E-state index in [4.69, 9.17) is 14.2 Å². The van der Waals surface area contributed by atoms with E-state index in [1.54, 1.807) is 22.7 Å². The summed E-state index contributed by atoms with van der Waals surface area (Å²) in [5, 5.41) is 4.81. The summed E-state index contributed by atoms with van der Waals surface area (Å²) in [7, 11) is 0. The van der Waals surface area contributed by atoms with Gasteiger partial charge in [0.15, 0.2) is 0 Å². The Morgan fingerprint density at radius 3 is 1.72 bits per heavy atom. The van der Waals surface area contributed by atoms with Crippen LogP contribution in [0.15, 0.2) is 91.0 Å². The van der Waals surface area contributed by atoms with E-state index in [2.05, 4.69) is 91.0 Å². The Balaban J connectivity index is 1.27. The second kappa shape index (κ2) is 7.23. The minimum atomic E-state index is -0.0413. The summed E-state index contributed by atoms with van der Waals surface area (Å²) in [6, 6.07) is 32.8. The van der Waals surface area contributed by atoms with E-state index in [-0.39, 0.29) is 6.71 Å². The lowest BCUT2D eigenvalue weighted by Crippen LogP contribution is -2.59. The lowest BCUT2D eigenvalue weighted by molar-refractivity contribution is 0.449. The SMILES string of the molecule is c1ccc2c(c1)Cc1cc3c4c(c1-2)Oc1cc2sc5ccccc5c2c2c1B4c1c(cc4sc5ccccc5c4c1O3)O2. The molecule has 0 spiro atoms. The van der Waals surface area contributed by atoms with Crippen molar-refractivity contribution in [3.8, 4) is 45.6 Å². The first-order chi connectivity index (χ1) is 21.3.